The predicted octanol–water partition coefficient (Wildman–Crippen LogP) is 3.95. The van der Waals surface area contributed by atoms with Crippen LogP contribution in [0.25, 0.3) is 0 Å². The van der Waals surface area contributed by atoms with Crippen LogP contribution in [0, 0.1) is 6.92 Å². The minimum Gasteiger partial charge on any atom is -0.492 e. The molecule has 0 fully saturated rings. The van der Waals surface area contributed by atoms with Crippen molar-refractivity contribution in [3.8, 4) is 5.75 Å². The Balaban J connectivity index is 1.71. The van der Waals surface area contributed by atoms with Crippen LogP contribution in [0.4, 0.5) is 0 Å². The van der Waals surface area contributed by atoms with E-state index in [0.29, 0.717) is 11.3 Å². The first-order chi connectivity index (χ1) is 10.3. The van der Waals surface area contributed by atoms with Gasteiger partial charge in [0.15, 0.2) is 0 Å². The van der Waals surface area contributed by atoms with Gasteiger partial charge in [-0.1, -0.05) is 48.0 Å². The zero-order valence-corrected chi connectivity index (χ0v) is 13.3. The molecule has 0 spiro atoms. The fourth-order valence-electron chi connectivity index (χ4n) is 2.83. The molecule has 2 nitrogen and oxygen atoms in total. The van der Waals surface area contributed by atoms with Crippen LogP contribution >= 0.6 is 11.8 Å². The average Bonchev–Trinajstić information content (AvgIpc) is 2.52. The van der Waals surface area contributed by atoms with Crippen molar-refractivity contribution < 1.29 is 4.74 Å². The number of hydrogen-bond donors (Lipinski definition) is 1. The van der Waals surface area contributed by atoms with Crippen molar-refractivity contribution in [3.05, 3.63) is 65.2 Å². The molecule has 2 aromatic rings. The van der Waals surface area contributed by atoms with Crippen LogP contribution in [0.2, 0.25) is 0 Å². The largest absolute Gasteiger partial charge is 0.492 e. The second-order valence-corrected chi connectivity index (χ2v) is 6.68. The molecule has 0 saturated heterocycles. The molecule has 0 amide bonds. The van der Waals surface area contributed by atoms with Gasteiger partial charge in [0.2, 0.25) is 0 Å². The Morgan fingerprint density at radius 1 is 1.19 bits per heavy atom. The van der Waals surface area contributed by atoms with E-state index >= 15 is 0 Å². The lowest BCUT2D eigenvalue weighted by Gasteiger charge is -2.33. The first kappa shape index (κ1) is 14.5. The molecule has 1 heterocycles. The molecular weight excluding hydrogens is 278 g/mol. The summed E-state index contributed by atoms with van der Waals surface area (Å²) in [6, 6.07) is 17.4. The molecule has 0 aromatic heterocycles. The van der Waals surface area contributed by atoms with Crippen molar-refractivity contribution in [3.63, 3.8) is 0 Å². The van der Waals surface area contributed by atoms with Crippen LogP contribution in [0.1, 0.15) is 22.7 Å². The van der Waals surface area contributed by atoms with Crippen molar-refractivity contribution in [1.29, 1.82) is 0 Å². The Bertz CT molecular complexity index is 614. The number of hydrogen-bond acceptors (Lipinski definition) is 3. The van der Waals surface area contributed by atoms with E-state index in [-0.39, 0.29) is 0 Å². The van der Waals surface area contributed by atoms with E-state index in [2.05, 4.69) is 54.7 Å². The van der Waals surface area contributed by atoms with Gasteiger partial charge in [0, 0.05) is 11.3 Å². The van der Waals surface area contributed by atoms with Gasteiger partial charge in [-0.3, -0.25) is 0 Å². The predicted molar refractivity (Wildman–Crippen MR) is 90.0 cm³/mol. The highest BCUT2D eigenvalue weighted by Gasteiger charge is 2.29. The van der Waals surface area contributed by atoms with E-state index in [4.69, 9.17) is 4.74 Å². The van der Waals surface area contributed by atoms with Crippen LogP contribution in [0.3, 0.4) is 0 Å². The van der Waals surface area contributed by atoms with E-state index in [1.807, 2.05) is 24.9 Å². The second kappa shape index (κ2) is 6.54. The minimum absolute atomic E-state index is 0.352. The van der Waals surface area contributed by atoms with Crippen LogP contribution in [0.5, 0.6) is 5.75 Å². The molecule has 0 radical (unpaired) electrons. The van der Waals surface area contributed by atoms with E-state index in [1.165, 1.54) is 16.7 Å². The Hall–Kier alpha value is -1.45. The molecule has 1 aliphatic heterocycles. The Morgan fingerprint density at radius 2 is 2.05 bits per heavy atom. The van der Waals surface area contributed by atoms with Crippen LogP contribution < -0.4 is 10.1 Å². The third-order valence-electron chi connectivity index (χ3n) is 3.89. The van der Waals surface area contributed by atoms with E-state index in [1.54, 1.807) is 0 Å². The number of benzene rings is 2. The molecule has 0 aliphatic carbocycles. The Labute approximate surface area is 130 Å². The molecular formula is C18H21NOS. The Kier molecular flexibility index (Phi) is 4.51. The van der Waals surface area contributed by atoms with Crippen LogP contribution in [-0.2, 0) is 5.75 Å². The maximum atomic E-state index is 5.92. The molecule has 1 aliphatic rings. The van der Waals surface area contributed by atoms with Gasteiger partial charge in [-0.05, 0) is 25.6 Å². The molecule has 3 heteroatoms. The van der Waals surface area contributed by atoms with Gasteiger partial charge in [-0.2, -0.15) is 0 Å². The minimum atomic E-state index is 0.352. The van der Waals surface area contributed by atoms with Gasteiger partial charge < -0.3 is 10.1 Å². The van der Waals surface area contributed by atoms with Gasteiger partial charge in [0.05, 0.1) is 11.3 Å². The molecule has 21 heavy (non-hydrogen) atoms. The highest BCUT2D eigenvalue weighted by Crippen LogP contribution is 2.37. The summed E-state index contributed by atoms with van der Waals surface area (Å²) in [6.07, 6.45) is 0. The van der Waals surface area contributed by atoms with Crippen molar-refractivity contribution in [2.24, 2.45) is 0 Å². The van der Waals surface area contributed by atoms with Crippen molar-refractivity contribution >= 4 is 11.8 Å². The van der Waals surface area contributed by atoms with E-state index < -0.39 is 0 Å². The summed E-state index contributed by atoms with van der Waals surface area (Å²) in [7, 11) is 2.03. The smallest absolute Gasteiger partial charge is 0.124 e. The maximum absolute atomic E-state index is 5.92. The third kappa shape index (κ3) is 3.25. The number of thioether (sulfide) groups is 1. The first-order valence-corrected chi connectivity index (χ1v) is 8.39. The quantitative estimate of drug-likeness (QED) is 0.923. The van der Waals surface area contributed by atoms with Gasteiger partial charge in [0.1, 0.15) is 12.4 Å². The SMILES string of the molecule is CNC1c2ccccc2OCC1SCc1cccc(C)c1. The van der Waals surface area contributed by atoms with Crippen LogP contribution in [0.15, 0.2) is 48.5 Å². The van der Waals surface area contributed by atoms with Crippen molar-refractivity contribution in [2.45, 2.75) is 24.0 Å². The summed E-state index contributed by atoms with van der Waals surface area (Å²) in [5.74, 6) is 2.04. The average molecular weight is 299 g/mol. The highest BCUT2D eigenvalue weighted by molar-refractivity contribution is 7.99. The summed E-state index contributed by atoms with van der Waals surface area (Å²) < 4.78 is 5.92. The number of ether oxygens (including phenoxy) is 1. The number of nitrogens with one attached hydrogen (secondary N) is 1. The molecule has 2 unspecified atom stereocenters. The fourth-order valence-corrected chi connectivity index (χ4v) is 4.05. The molecule has 110 valence electrons. The van der Waals surface area contributed by atoms with Gasteiger partial charge in [-0.15, -0.1) is 11.8 Å². The summed E-state index contributed by atoms with van der Waals surface area (Å²) in [5.41, 5.74) is 3.98. The highest BCUT2D eigenvalue weighted by atomic mass is 32.2. The zero-order valence-electron chi connectivity index (χ0n) is 12.5. The lowest BCUT2D eigenvalue weighted by Crippen LogP contribution is -2.35. The van der Waals surface area contributed by atoms with Gasteiger partial charge >= 0.3 is 0 Å². The molecule has 2 aromatic carbocycles. The van der Waals surface area contributed by atoms with Crippen LogP contribution in [-0.4, -0.2) is 18.9 Å². The summed E-state index contributed by atoms with van der Waals surface area (Å²) >= 11 is 1.97. The molecule has 1 N–H and O–H groups in total. The fraction of sp³-hybridized carbons (Fsp3) is 0.333. The lowest BCUT2D eigenvalue weighted by molar-refractivity contribution is 0.265. The summed E-state index contributed by atoms with van der Waals surface area (Å²) in [6.45, 7) is 2.91. The standard InChI is InChI=1S/C18H21NOS/c1-13-6-5-7-14(10-13)12-21-17-11-20-16-9-4-3-8-15(16)18(17)19-2/h3-10,17-19H,11-12H2,1-2H3. The lowest BCUT2D eigenvalue weighted by atomic mass is 10.0. The number of para-hydroxylation sites is 1. The molecule has 0 bridgehead atoms. The van der Waals surface area contributed by atoms with E-state index in [0.717, 1.165) is 18.1 Å². The monoisotopic (exact) mass is 299 g/mol. The van der Waals surface area contributed by atoms with Crippen molar-refractivity contribution in [2.75, 3.05) is 13.7 Å². The summed E-state index contributed by atoms with van der Waals surface area (Å²) in [5, 5.41) is 3.89. The normalized spacial score (nSPS) is 20.7. The molecule has 2 atom stereocenters. The van der Waals surface area contributed by atoms with E-state index in [9.17, 15) is 0 Å². The van der Waals surface area contributed by atoms with Gasteiger partial charge in [-0.25, -0.2) is 0 Å². The number of aryl methyl sites for hydroxylation is 1. The van der Waals surface area contributed by atoms with Crippen molar-refractivity contribution in [1.82, 2.24) is 5.32 Å². The second-order valence-electron chi connectivity index (χ2n) is 5.45. The summed E-state index contributed by atoms with van der Waals surface area (Å²) in [4.78, 5) is 0. The van der Waals surface area contributed by atoms with Gasteiger partial charge in [0.25, 0.3) is 0 Å². The molecule has 0 saturated carbocycles. The molecule has 3 rings (SSSR count). The zero-order chi connectivity index (χ0) is 14.7. The number of fused-ring (bicyclic) bond motifs is 1. The Morgan fingerprint density at radius 3 is 2.86 bits per heavy atom. The maximum Gasteiger partial charge on any atom is 0.124 e. The topological polar surface area (TPSA) is 21.3 Å². The first-order valence-electron chi connectivity index (χ1n) is 7.34. The number of rotatable bonds is 4. The third-order valence-corrected chi connectivity index (χ3v) is 5.22.